The van der Waals surface area contributed by atoms with Crippen LogP contribution in [0.5, 0.6) is 5.75 Å². The van der Waals surface area contributed by atoms with E-state index in [-0.39, 0.29) is 4.90 Å². The largest absolute Gasteiger partial charge is 0.488 e. The lowest BCUT2D eigenvalue weighted by atomic mass is 10.1. The summed E-state index contributed by atoms with van der Waals surface area (Å²) in [6, 6.07) is 12.8. The van der Waals surface area contributed by atoms with Crippen LogP contribution >= 0.6 is 0 Å². The van der Waals surface area contributed by atoms with Gasteiger partial charge in [-0.3, -0.25) is 4.55 Å². The first-order valence-corrected chi connectivity index (χ1v) is 8.64. The third-order valence-corrected chi connectivity index (χ3v) is 4.36. The van der Waals surface area contributed by atoms with Crippen molar-refractivity contribution in [1.82, 2.24) is 0 Å². The van der Waals surface area contributed by atoms with E-state index < -0.39 is 10.1 Å². The zero-order valence-corrected chi connectivity index (χ0v) is 13.6. The molecule has 1 N–H and O–H groups in total. The van der Waals surface area contributed by atoms with Crippen LogP contribution < -0.4 is 4.74 Å². The number of hydrogen-bond donors (Lipinski definition) is 1. The maximum absolute atomic E-state index is 11.6. The Morgan fingerprint density at radius 2 is 1.77 bits per heavy atom. The van der Waals surface area contributed by atoms with Crippen LogP contribution in [0.15, 0.2) is 47.4 Å². The molecule has 2 aromatic carbocycles. The highest BCUT2D eigenvalue weighted by Gasteiger charge is 2.20. The van der Waals surface area contributed by atoms with Crippen molar-refractivity contribution in [2.45, 2.75) is 38.2 Å². The SMILES string of the molecule is CCCc1c(S(=O)(=O)O)ccc(C)c1OCc1ccccc1. The average Bonchev–Trinajstić information content (AvgIpc) is 2.47. The molecule has 0 radical (unpaired) electrons. The fourth-order valence-corrected chi connectivity index (χ4v) is 3.13. The molecule has 0 spiro atoms. The molecule has 118 valence electrons. The first kappa shape index (κ1) is 16.5. The molecule has 22 heavy (non-hydrogen) atoms. The first-order chi connectivity index (χ1) is 10.4. The lowest BCUT2D eigenvalue weighted by Crippen LogP contribution is -2.08. The molecular weight excluding hydrogens is 300 g/mol. The number of benzene rings is 2. The minimum Gasteiger partial charge on any atom is -0.488 e. The molecule has 2 rings (SSSR count). The second-order valence-corrected chi connectivity index (χ2v) is 6.58. The van der Waals surface area contributed by atoms with Crippen LogP contribution in [-0.2, 0) is 23.1 Å². The Bertz CT molecular complexity index is 737. The predicted molar refractivity (Wildman–Crippen MR) is 85.8 cm³/mol. The average molecular weight is 320 g/mol. The molecule has 0 saturated heterocycles. The smallest absolute Gasteiger partial charge is 0.294 e. The number of aryl methyl sites for hydroxylation is 1. The monoisotopic (exact) mass is 320 g/mol. The van der Waals surface area contributed by atoms with Gasteiger partial charge < -0.3 is 4.74 Å². The van der Waals surface area contributed by atoms with Crippen molar-refractivity contribution in [2.24, 2.45) is 0 Å². The summed E-state index contributed by atoms with van der Waals surface area (Å²) in [5.74, 6) is 0.542. The Balaban J connectivity index is 2.40. The van der Waals surface area contributed by atoms with Gasteiger partial charge in [-0.2, -0.15) is 8.42 Å². The van der Waals surface area contributed by atoms with Crippen LogP contribution in [0.2, 0.25) is 0 Å². The second-order valence-electron chi connectivity index (χ2n) is 5.19. The molecule has 0 aliphatic heterocycles. The van der Waals surface area contributed by atoms with Gasteiger partial charge in [0.25, 0.3) is 10.1 Å². The highest BCUT2D eigenvalue weighted by atomic mass is 32.2. The van der Waals surface area contributed by atoms with Gasteiger partial charge in [0.05, 0.1) is 0 Å². The van der Waals surface area contributed by atoms with E-state index in [1.54, 1.807) is 6.07 Å². The van der Waals surface area contributed by atoms with E-state index >= 15 is 0 Å². The molecule has 0 aliphatic carbocycles. The predicted octanol–water partition coefficient (Wildman–Crippen LogP) is 3.77. The van der Waals surface area contributed by atoms with E-state index in [4.69, 9.17) is 4.74 Å². The van der Waals surface area contributed by atoms with Gasteiger partial charge in [0.1, 0.15) is 17.3 Å². The van der Waals surface area contributed by atoms with E-state index in [1.807, 2.05) is 44.2 Å². The molecule has 0 amide bonds. The van der Waals surface area contributed by atoms with Gasteiger partial charge in [-0.05, 0) is 30.5 Å². The Morgan fingerprint density at radius 1 is 1.09 bits per heavy atom. The number of rotatable bonds is 6. The van der Waals surface area contributed by atoms with Gasteiger partial charge in [-0.25, -0.2) is 0 Å². The summed E-state index contributed by atoms with van der Waals surface area (Å²) in [4.78, 5) is -0.0667. The van der Waals surface area contributed by atoms with Crippen LogP contribution in [0.3, 0.4) is 0 Å². The van der Waals surface area contributed by atoms with E-state index in [9.17, 15) is 13.0 Å². The van der Waals surface area contributed by atoms with Crippen molar-refractivity contribution in [2.75, 3.05) is 0 Å². The van der Waals surface area contributed by atoms with Crippen LogP contribution in [0.25, 0.3) is 0 Å². The molecule has 0 aliphatic rings. The fourth-order valence-electron chi connectivity index (χ4n) is 2.39. The molecule has 0 fully saturated rings. The molecule has 5 heteroatoms. The summed E-state index contributed by atoms with van der Waals surface area (Å²) in [5.41, 5.74) is 2.40. The van der Waals surface area contributed by atoms with Crippen LogP contribution in [-0.4, -0.2) is 13.0 Å². The third-order valence-electron chi connectivity index (χ3n) is 3.42. The van der Waals surface area contributed by atoms with Crippen molar-refractivity contribution in [3.63, 3.8) is 0 Å². The maximum atomic E-state index is 11.6. The summed E-state index contributed by atoms with van der Waals surface area (Å²) in [6.45, 7) is 4.18. The van der Waals surface area contributed by atoms with E-state index in [0.717, 1.165) is 17.5 Å². The Hall–Kier alpha value is -1.85. The lowest BCUT2D eigenvalue weighted by Gasteiger charge is -2.16. The van der Waals surface area contributed by atoms with Crippen molar-refractivity contribution in [3.05, 3.63) is 59.2 Å². The van der Waals surface area contributed by atoms with Gasteiger partial charge in [0, 0.05) is 5.56 Å². The molecule has 0 atom stereocenters. The van der Waals surface area contributed by atoms with Gasteiger partial charge >= 0.3 is 0 Å². The van der Waals surface area contributed by atoms with Gasteiger partial charge in [-0.1, -0.05) is 49.7 Å². The number of ether oxygens (including phenoxy) is 1. The third kappa shape index (κ3) is 3.87. The van der Waals surface area contributed by atoms with Gasteiger partial charge in [0.15, 0.2) is 0 Å². The van der Waals surface area contributed by atoms with E-state index in [0.29, 0.717) is 24.3 Å². The quantitative estimate of drug-likeness (QED) is 0.823. The topological polar surface area (TPSA) is 63.6 Å². The van der Waals surface area contributed by atoms with Crippen molar-refractivity contribution in [1.29, 1.82) is 0 Å². The zero-order chi connectivity index (χ0) is 16.2. The molecule has 0 unspecified atom stereocenters. The van der Waals surface area contributed by atoms with Crippen molar-refractivity contribution < 1.29 is 17.7 Å². The highest BCUT2D eigenvalue weighted by Crippen LogP contribution is 2.31. The normalized spacial score (nSPS) is 11.4. The molecular formula is C17H20O4S. The zero-order valence-electron chi connectivity index (χ0n) is 12.7. The summed E-state index contributed by atoms with van der Waals surface area (Å²) >= 11 is 0. The lowest BCUT2D eigenvalue weighted by molar-refractivity contribution is 0.299. The molecule has 0 aromatic heterocycles. The Labute approximate surface area is 131 Å². The summed E-state index contributed by atoms with van der Waals surface area (Å²) in [5, 5.41) is 0. The molecule has 2 aromatic rings. The molecule has 0 heterocycles. The Morgan fingerprint density at radius 3 is 2.36 bits per heavy atom. The van der Waals surface area contributed by atoms with Crippen LogP contribution in [0.1, 0.15) is 30.0 Å². The van der Waals surface area contributed by atoms with E-state index in [1.165, 1.54) is 6.07 Å². The minimum absolute atomic E-state index is 0.0667. The molecule has 0 bridgehead atoms. The standard InChI is InChI=1S/C17H20O4S/c1-3-7-15-16(22(18,19)20)11-10-13(2)17(15)21-12-14-8-5-4-6-9-14/h4-6,8-11H,3,7,12H2,1-2H3,(H,18,19,20). The maximum Gasteiger partial charge on any atom is 0.294 e. The Kier molecular flexibility index (Phi) is 5.21. The fraction of sp³-hybridized carbons (Fsp3) is 0.294. The van der Waals surface area contributed by atoms with Gasteiger partial charge in [0.2, 0.25) is 0 Å². The van der Waals surface area contributed by atoms with Gasteiger partial charge in [-0.15, -0.1) is 0 Å². The van der Waals surface area contributed by atoms with Crippen molar-refractivity contribution in [3.8, 4) is 5.75 Å². The molecule has 4 nitrogen and oxygen atoms in total. The first-order valence-electron chi connectivity index (χ1n) is 7.20. The second kappa shape index (κ2) is 6.94. The summed E-state index contributed by atoms with van der Waals surface area (Å²) in [7, 11) is -4.26. The number of hydrogen-bond acceptors (Lipinski definition) is 3. The minimum atomic E-state index is -4.26. The van der Waals surface area contributed by atoms with Crippen LogP contribution in [0, 0.1) is 6.92 Å². The molecule has 0 saturated carbocycles. The van der Waals surface area contributed by atoms with Crippen molar-refractivity contribution >= 4 is 10.1 Å². The van der Waals surface area contributed by atoms with E-state index in [2.05, 4.69) is 0 Å². The summed E-state index contributed by atoms with van der Waals surface area (Å²) in [6.07, 6.45) is 1.29. The summed E-state index contributed by atoms with van der Waals surface area (Å²) < 4.78 is 38.4. The van der Waals surface area contributed by atoms with Crippen LogP contribution in [0.4, 0.5) is 0 Å². The highest BCUT2D eigenvalue weighted by molar-refractivity contribution is 7.85.